The molecular formula is C21H24FN3O4S2. The van der Waals surface area contributed by atoms with Gasteiger partial charge in [-0.1, -0.05) is 19.9 Å². The fourth-order valence-corrected chi connectivity index (χ4v) is 5.93. The van der Waals surface area contributed by atoms with Crippen molar-refractivity contribution in [3.63, 3.8) is 0 Å². The number of aromatic nitrogens is 2. The van der Waals surface area contributed by atoms with E-state index in [1.165, 1.54) is 18.2 Å². The average molecular weight is 466 g/mol. The molecule has 1 heterocycles. The zero-order valence-electron chi connectivity index (χ0n) is 17.2. The lowest BCUT2D eigenvalue weighted by atomic mass is 10.0. The molecule has 0 atom stereocenters. The Balaban J connectivity index is 1.89. The molecule has 0 saturated carbocycles. The predicted molar refractivity (Wildman–Crippen MR) is 114 cm³/mol. The minimum Gasteiger partial charge on any atom is -0.337 e. The first-order valence-electron chi connectivity index (χ1n) is 9.71. The zero-order chi connectivity index (χ0) is 22.6. The van der Waals surface area contributed by atoms with Crippen molar-refractivity contribution >= 4 is 19.9 Å². The highest BCUT2D eigenvalue weighted by molar-refractivity contribution is 7.91. The number of hydrogen-bond acceptors (Lipinski definition) is 5. The van der Waals surface area contributed by atoms with Crippen LogP contribution in [0.25, 0.3) is 0 Å². The van der Waals surface area contributed by atoms with Crippen LogP contribution in [0, 0.1) is 5.82 Å². The van der Waals surface area contributed by atoms with Crippen LogP contribution < -0.4 is 4.72 Å². The summed E-state index contributed by atoms with van der Waals surface area (Å²) in [6.45, 7) is 4.45. The third-order valence-corrected chi connectivity index (χ3v) is 8.06. The van der Waals surface area contributed by atoms with Crippen LogP contribution in [0.1, 0.15) is 31.7 Å². The molecule has 0 amide bonds. The van der Waals surface area contributed by atoms with Gasteiger partial charge in [0.2, 0.25) is 19.9 Å². The minimum absolute atomic E-state index is 0.0756. The maximum Gasteiger partial charge on any atom is 0.240 e. The van der Waals surface area contributed by atoms with Crippen LogP contribution in [0.3, 0.4) is 0 Å². The van der Waals surface area contributed by atoms with Crippen molar-refractivity contribution in [2.75, 3.05) is 6.54 Å². The molecule has 0 aliphatic carbocycles. The van der Waals surface area contributed by atoms with Crippen LogP contribution >= 0.6 is 0 Å². The van der Waals surface area contributed by atoms with E-state index < -0.39 is 25.7 Å². The van der Waals surface area contributed by atoms with E-state index in [4.69, 9.17) is 0 Å². The Morgan fingerprint density at radius 3 is 2.32 bits per heavy atom. The van der Waals surface area contributed by atoms with Gasteiger partial charge in [-0.3, -0.25) is 0 Å². The summed E-state index contributed by atoms with van der Waals surface area (Å²) in [7, 11) is -7.95. The molecule has 3 aromatic rings. The van der Waals surface area contributed by atoms with E-state index in [2.05, 4.69) is 9.71 Å². The van der Waals surface area contributed by atoms with E-state index in [1.54, 1.807) is 18.7 Å². The molecule has 166 valence electrons. The largest absolute Gasteiger partial charge is 0.337 e. The summed E-state index contributed by atoms with van der Waals surface area (Å²) in [6, 6.07) is 8.48. The third-order valence-electron chi connectivity index (χ3n) is 4.78. The fraction of sp³-hybridized carbons (Fsp3) is 0.286. The monoisotopic (exact) mass is 465 g/mol. The number of nitrogens with zero attached hydrogens (tertiary/aromatic N) is 2. The number of hydrogen-bond donors (Lipinski definition) is 1. The van der Waals surface area contributed by atoms with Gasteiger partial charge in [-0.2, -0.15) is 0 Å². The SMILES string of the molecule is CC(C)c1ccc(S(=O)(=O)c2ccc(F)cc2)cc1S(=O)(=O)NCCCn1ccnc1. The van der Waals surface area contributed by atoms with Gasteiger partial charge in [-0.05, 0) is 54.3 Å². The predicted octanol–water partition coefficient (Wildman–Crippen LogP) is 3.35. The number of nitrogens with one attached hydrogen (secondary N) is 1. The molecule has 0 spiro atoms. The summed E-state index contributed by atoms with van der Waals surface area (Å²) in [6.07, 6.45) is 5.62. The molecule has 0 fully saturated rings. The zero-order valence-corrected chi connectivity index (χ0v) is 18.8. The van der Waals surface area contributed by atoms with E-state index in [0.29, 0.717) is 18.5 Å². The van der Waals surface area contributed by atoms with Gasteiger partial charge in [0.15, 0.2) is 0 Å². The summed E-state index contributed by atoms with van der Waals surface area (Å²) < 4.78 is 69.5. The molecule has 31 heavy (non-hydrogen) atoms. The van der Waals surface area contributed by atoms with Crippen molar-refractivity contribution in [1.82, 2.24) is 14.3 Å². The second-order valence-electron chi connectivity index (χ2n) is 7.36. The van der Waals surface area contributed by atoms with Crippen molar-refractivity contribution in [2.45, 2.75) is 47.4 Å². The maximum absolute atomic E-state index is 13.2. The number of imidazole rings is 1. The number of sulfonamides is 1. The lowest BCUT2D eigenvalue weighted by molar-refractivity contribution is 0.567. The van der Waals surface area contributed by atoms with E-state index in [0.717, 1.165) is 24.3 Å². The molecule has 1 aromatic heterocycles. The first kappa shape index (κ1) is 23.1. The molecule has 0 aliphatic rings. The Hall–Kier alpha value is -2.56. The Bertz CT molecular complexity index is 1240. The van der Waals surface area contributed by atoms with Crippen LogP contribution in [0.5, 0.6) is 0 Å². The molecule has 0 unspecified atom stereocenters. The fourth-order valence-electron chi connectivity index (χ4n) is 3.11. The summed E-state index contributed by atoms with van der Waals surface area (Å²) in [4.78, 5) is 3.59. The summed E-state index contributed by atoms with van der Waals surface area (Å²) in [5.41, 5.74) is 0.514. The molecular weight excluding hydrogens is 441 g/mol. The molecule has 7 nitrogen and oxygen atoms in total. The molecule has 0 saturated heterocycles. The smallest absolute Gasteiger partial charge is 0.240 e. The van der Waals surface area contributed by atoms with Gasteiger partial charge in [0.25, 0.3) is 0 Å². The number of benzene rings is 2. The molecule has 2 aromatic carbocycles. The van der Waals surface area contributed by atoms with E-state index in [1.807, 2.05) is 18.4 Å². The highest BCUT2D eigenvalue weighted by Crippen LogP contribution is 2.29. The Kier molecular flexibility index (Phi) is 6.93. The lowest BCUT2D eigenvalue weighted by Crippen LogP contribution is -2.27. The van der Waals surface area contributed by atoms with E-state index >= 15 is 0 Å². The summed E-state index contributed by atoms with van der Waals surface area (Å²) >= 11 is 0. The second-order valence-corrected chi connectivity index (χ2v) is 11.0. The van der Waals surface area contributed by atoms with Crippen molar-refractivity contribution < 1.29 is 21.2 Å². The van der Waals surface area contributed by atoms with Crippen LogP contribution in [0.15, 0.2) is 75.9 Å². The summed E-state index contributed by atoms with van der Waals surface area (Å²) in [5.74, 6) is -0.697. The lowest BCUT2D eigenvalue weighted by Gasteiger charge is -2.16. The molecule has 0 aliphatic heterocycles. The van der Waals surface area contributed by atoms with Gasteiger partial charge in [0.1, 0.15) is 5.82 Å². The van der Waals surface area contributed by atoms with Crippen molar-refractivity contribution in [1.29, 1.82) is 0 Å². The minimum atomic E-state index is -4.00. The van der Waals surface area contributed by atoms with Crippen LogP contribution in [0.2, 0.25) is 0 Å². The number of sulfone groups is 1. The number of halogens is 1. The first-order chi connectivity index (χ1) is 14.6. The molecule has 1 N–H and O–H groups in total. The van der Waals surface area contributed by atoms with Gasteiger partial charge in [-0.15, -0.1) is 0 Å². The van der Waals surface area contributed by atoms with E-state index in [-0.39, 0.29) is 27.1 Å². The Morgan fingerprint density at radius 1 is 1.03 bits per heavy atom. The van der Waals surface area contributed by atoms with Gasteiger partial charge in [0.05, 0.1) is 21.0 Å². The van der Waals surface area contributed by atoms with Gasteiger partial charge in [0, 0.05) is 25.5 Å². The number of aryl methyl sites for hydroxylation is 1. The standard InChI is InChI=1S/C21H24FN3O4S2/c1-16(2)20-9-8-19(30(26,27)18-6-4-17(22)5-7-18)14-21(20)31(28,29)24-10-3-12-25-13-11-23-15-25/h4-9,11,13-16,24H,3,10,12H2,1-2H3. The van der Waals surface area contributed by atoms with Gasteiger partial charge < -0.3 is 4.57 Å². The highest BCUT2D eigenvalue weighted by Gasteiger charge is 2.25. The topological polar surface area (TPSA) is 98.1 Å². The van der Waals surface area contributed by atoms with Crippen LogP contribution in [0.4, 0.5) is 4.39 Å². The third kappa shape index (κ3) is 5.38. The molecule has 0 radical (unpaired) electrons. The van der Waals surface area contributed by atoms with Crippen molar-refractivity contribution in [2.24, 2.45) is 0 Å². The van der Waals surface area contributed by atoms with Crippen LogP contribution in [-0.2, 0) is 26.4 Å². The van der Waals surface area contributed by atoms with Crippen molar-refractivity contribution in [3.8, 4) is 0 Å². The number of rotatable bonds is 9. The van der Waals surface area contributed by atoms with E-state index in [9.17, 15) is 21.2 Å². The Morgan fingerprint density at radius 2 is 1.71 bits per heavy atom. The molecule has 0 bridgehead atoms. The first-order valence-corrected chi connectivity index (χ1v) is 12.7. The second kappa shape index (κ2) is 9.29. The Labute approximate surface area is 181 Å². The quantitative estimate of drug-likeness (QED) is 0.386. The van der Waals surface area contributed by atoms with Crippen molar-refractivity contribution in [3.05, 3.63) is 72.6 Å². The molecule has 10 heteroatoms. The average Bonchev–Trinajstić information content (AvgIpc) is 3.24. The van der Waals surface area contributed by atoms with Gasteiger partial charge >= 0.3 is 0 Å². The van der Waals surface area contributed by atoms with Gasteiger partial charge in [-0.25, -0.2) is 30.9 Å². The maximum atomic E-state index is 13.2. The van der Waals surface area contributed by atoms with Crippen LogP contribution in [-0.4, -0.2) is 32.9 Å². The highest BCUT2D eigenvalue weighted by atomic mass is 32.2. The normalized spacial score (nSPS) is 12.4. The molecule has 3 rings (SSSR count). The summed E-state index contributed by atoms with van der Waals surface area (Å²) in [5, 5.41) is 0.